The van der Waals surface area contributed by atoms with Crippen LogP contribution in [-0.2, 0) is 0 Å². The van der Waals surface area contributed by atoms with Crippen molar-refractivity contribution in [3.63, 3.8) is 0 Å². The van der Waals surface area contributed by atoms with E-state index in [2.05, 4.69) is 21.8 Å². The summed E-state index contributed by atoms with van der Waals surface area (Å²) in [7, 11) is 0. The van der Waals surface area contributed by atoms with Gasteiger partial charge in [-0.05, 0) is 24.3 Å². The van der Waals surface area contributed by atoms with E-state index < -0.39 is 0 Å². The lowest BCUT2D eigenvalue weighted by molar-refractivity contribution is -0.603. The Kier molecular flexibility index (Phi) is 2.65. The molecule has 3 aromatic rings. The van der Waals surface area contributed by atoms with Gasteiger partial charge in [0.2, 0.25) is 6.33 Å². The third-order valence-corrected chi connectivity index (χ3v) is 2.88. The van der Waals surface area contributed by atoms with Gasteiger partial charge >= 0.3 is 0 Å². The van der Waals surface area contributed by atoms with Crippen LogP contribution in [0.5, 0.6) is 0 Å². The predicted octanol–water partition coefficient (Wildman–Crippen LogP) is 2.46. The van der Waals surface area contributed by atoms with Crippen LogP contribution >= 0.6 is 0 Å². The summed E-state index contributed by atoms with van der Waals surface area (Å²) in [5, 5.41) is 4.54. The average molecular weight is 236 g/mol. The minimum absolute atomic E-state index is 0.963. The standard InChI is InChI=1S/C15H14N3/c1-13-16-18(15-10-6-3-7-11-15)12-17(13)14-8-4-2-5-9-14/h2-12H,1H3/q+1. The third kappa shape index (κ3) is 1.91. The summed E-state index contributed by atoms with van der Waals surface area (Å²) in [5.41, 5.74) is 2.19. The van der Waals surface area contributed by atoms with Crippen LogP contribution in [-0.4, -0.2) is 9.78 Å². The normalized spacial score (nSPS) is 10.5. The summed E-state index contributed by atoms with van der Waals surface area (Å²) in [6.45, 7) is 2.01. The van der Waals surface area contributed by atoms with Crippen LogP contribution < -0.4 is 4.57 Å². The highest BCUT2D eigenvalue weighted by molar-refractivity contribution is 5.29. The molecule has 0 atom stereocenters. The molecule has 0 radical (unpaired) electrons. The van der Waals surface area contributed by atoms with E-state index in [1.165, 1.54) is 0 Å². The molecule has 1 aromatic heterocycles. The number of nitrogens with zero attached hydrogens (tertiary/aromatic N) is 3. The van der Waals surface area contributed by atoms with E-state index in [1.54, 1.807) is 0 Å². The fraction of sp³-hybridized carbons (Fsp3) is 0.0667. The lowest BCUT2D eigenvalue weighted by atomic mass is 10.3. The fourth-order valence-corrected chi connectivity index (χ4v) is 1.97. The summed E-state index contributed by atoms with van der Waals surface area (Å²) in [6.07, 6.45) is 2.00. The van der Waals surface area contributed by atoms with Gasteiger partial charge < -0.3 is 0 Å². The largest absolute Gasteiger partial charge is 0.279 e. The van der Waals surface area contributed by atoms with E-state index >= 15 is 0 Å². The van der Waals surface area contributed by atoms with Crippen LogP contribution in [0.15, 0.2) is 67.0 Å². The smallest absolute Gasteiger partial charge is 0.201 e. The molecule has 0 bridgehead atoms. The minimum atomic E-state index is 0.963. The second kappa shape index (κ2) is 4.45. The number of aromatic nitrogens is 3. The van der Waals surface area contributed by atoms with Crippen LogP contribution in [0.4, 0.5) is 0 Å². The molecule has 88 valence electrons. The van der Waals surface area contributed by atoms with E-state index in [0.29, 0.717) is 0 Å². The number of hydrogen-bond donors (Lipinski definition) is 0. The second-order valence-corrected chi connectivity index (χ2v) is 4.15. The monoisotopic (exact) mass is 236 g/mol. The first-order valence-electron chi connectivity index (χ1n) is 5.93. The molecule has 0 aliphatic heterocycles. The molecule has 3 nitrogen and oxygen atoms in total. The summed E-state index contributed by atoms with van der Waals surface area (Å²) >= 11 is 0. The lowest BCUT2D eigenvalue weighted by Crippen LogP contribution is -2.31. The first-order valence-corrected chi connectivity index (χ1v) is 5.93. The molecular weight excluding hydrogens is 222 g/mol. The highest BCUT2D eigenvalue weighted by Crippen LogP contribution is 2.06. The molecule has 3 heteroatoms. The van der Waals surface area contributed by atoms with Crippen molar-refractivity contribution in [2.75, 3.05) is 0 Å². The number of rotatable bonds is 2. The predicted molar refractivity (Wildman–Crippen MR) is 69.8 cm³/mol. The number of aryl methyl sites for hydroxylation is 1. The van der Waals surface area contributed by atoms with E-state index in [-0.39, 0.29) is 0 Å². The molecular formula is C15H14N3+. The molecule has 0 saturated carbocycles. The molecule has 18 heavy (non-hydrogen) atoms. The van der Waals surface area contributed by atoms with Gasteiger partial charge in [0.15, 0.2) is 0 Å². The Bertz CT molecular complexity index is 642. The number of hydrogen-bond acceptors (Lipinski definition) is 1. The Morgan fingerprint density at radius 3 is 2.17 bits per heavy atom. The zero-order chi connectivity index (χ0) is 12.4. The van der Waals surface area contributed by atoms with Crippen molar-refractivity contribution in [2.45, 2.75) is 6.92 Å². The van der Waals surface area contributed by atoms with Crippen molar-refractivity contribution in [3.8, 4) is 11.4 Å². The van der Waals surface area contributed by atoms with Crippen molar-refractivity contribution in [1.82, 2.24) is 9.78 Å². The Hall–Kier alpha value is -2.42. The quantitative estimate of drug-likeness (QED) is 0.626. The molecule has 0 unspecified atom stereocenters. The van der Waals surface area contributed by atoms with Crippen molar-refractivity contribution in [3.05, 3.63) is 72.8 Å². The molecule has 0 aliphatic carbocycles. The Balaban J connectivity index is 2.07. The molecule has 1 heterocycles. The zero-order valence-electron chi connectivity index (χ0n) is 10.2. The van der Waals surface area contributed by atoms with Gasteiger partial charge in [-0.3, -0.25) is 0 Å². The highest BCUT2D eigenvalue weighted by Gasteiger charge is 2.14. The van der Waals surface area contributed by atoms with Gasteiger partial charge in [0.1, 0.15) is 11.4 Å². The maximum Gasteiger partial charge on any atom is 0.279 e. The molecule has 0 aliphatic rings. The highest BCUT2D eigenvalue weighted by atomic mass is 15.4. The van der Waals surface area contributed by atoms with Crippen molar-refractivity contribution < 1.29 is 4.57 Å². The van der Waals surface area contributed by atoms with E-state index in [9.17, 15) is 0 Å². The van der Waals surface area contributed by atoms with E-state index in [4.69, 9.17) is 0 Å². The van der Waals surface area contributed by atoms with Gasteiger partial charge in [-0.2, -0.15) is 0 Å². The van der Waals surface area contributed by atoms with Crippen LogP contribution in [0.3, 0.4) is 0 Å². The van der Waals surface area contributed by atoms with Crippen LogP contribution in [0, 0.1) is 6.92 Å². The Morgan fingerprint density at radius 1 is 0.889 bits per heavy atom. The minimum Gasteiger partial charge on any atom is -0.201 e. The fourth-order valence-electron chi connectivity index (χ4n) is 1.97. The molecule has 2 aromatic carbocycles. The molecule has 3 rings (SSSR count). The van der Waals surface area contributed by atoms with Crippen LogP contribution in [0.2, 0.25) is 0 Å². The van der Waals surface area contributed by atoms with Crippen LogP contribution in [0.25, 0.3) is 11.4 Å². The first kappa shape index (κ1) is 10.7. The second-order valence-electron chi connectivity index (χ2n) is 4.15. The van der Waals surface area contributed by atoms with Gasteiger partial charge in [-0.15, -0.1) is 0 Å². The maximum atomic E-state index is 4.54. The lowest BCUT2D eigenvalue weighted by Gasteiger charge is -1.95. The number of para-hydroxylation sites is 2. The Labute approximate surface area is 106 Å². The Morgan fingerprint density at radius 2 is 1.50 bits per heavy atom. The molecule has 0 fully saturated rings. The maximum absolute atomic E-state index is 4.54. The average Bonchev–Trinajstić information content (AvgIpc) is 2.83. The van der Waals surface area contributed by atoms with Gasteiger partial charge in [-0.25, -0.2) is 4.57 Å². The van der Waals surface area contributed by atoms with Crippen molar-refractivity contribution >= 4 is 0 Å². The molecule has 0 N–H and O–H groups in total. The third-order valence-electron chi connectivity index (χ3n) is 2.88. The van der Waals surface area contributed by atoms with E-state index in [1.807, 2.05) is 66.5 Å². The number of benzene rings is 2. The SMILES string of the molecule is Cc1nn(-c2ccccc2)c[n+]1-c1ccccc1. The zero-order valence-corrected chi connectivity index (χ0v) is 10.2. The summed E-state index contributed by atoms with van der Waals surface area (Å²) in [6, 6.07) is 20.3. The topological polar surface area (TPSA) is 21.7 Å². The summed E-state index contributed by atoms with van der Waals surface area (Å²) < 4.78 is 3.97. The summed E-state index contributed by atoms with van der Waals surface area (Å²) in [4.78, 5) is 0. The molecule has 0 saturated heterocycles. The van der Waals surface area contributed by atoms with Gasteiger partial charge in [0.25, 0.3) is 5.82 Å². The van der Waals surface area contributed by atoms with Gasteiger partial charge in [0, 0.05) is 12.0 Å². The summed E-state index contributed by atoms with van der Waals surface area (Å²) in [5.74, 6) is 0.963. The van der Waals surface area contributed by atoms with Crippen LogP contribution in [0.1, 0.15) is 5.82 Å². The van der Waals surface area contributed by atoms with Crippen molar-refractivity contribution in [1.29, 1.82) is 0 Å². The van der Waals surface area contributed by atoms with Crippen molar-refractivity contribution in [2.24, 2.45) is 0 Å². The van der Waals surface area contributed by atoms with Gasteiger partial charge in [0.05, 0.1) is 0 Å². The molecule has 0 amide bonds. The van der Waals surface area contributed by atoms with E-state index in [0.717, 1.165) is 17.2 Å². The molecule has 0 spiro atoms. The van der Waals surface area contributed by atoms with Gasteiger partial charge in [-0.1, -0.05) is 41.1 Å². The first-order chi connectivity index (χ1) is 8.84.